The largest absolute Gasteiger partial charge is 0.489 e. The van der Waals surface area contributed by atoms with Crippen LogP contribution in [-0.2, 0) is 12.1 Å². The van der Waals surface area contributed by atoms with Gasteiger partial charge < -0.3 is 20.1 Å². The Bertz CT molecular complexity index is 1180. The summed E-state index contributed by atoms with van der Waals surface area (Å²) in [5.74, 6) is -1.39. The van der Waals surface area contributed by atoms with Crippen LogP contribution in [0.25, 0.3) is 0 Å². The molecular formula is C24H21F2N3O3. The Hall–Kier alpha value is -3.68. The molecule has 0 spiro atoms. The van der Waals surface area contributed by atoms with E-state index in [1.807, 2.05) is 17.0 Å². The minimum atomic E-state index is -0.960. The zero-order valence-corrected chi connectivity index (χ0v) is 17.1. The molecule has 8 heteroatoms. The molecule has 0 radical (unpaired) electrons. The molecule has 1 saturated carbocycles. The second-order valence-electron chi connectivity index (χ2n) is 8.11. The van der Waals surface area contributed by atoms with E-state index in [9.17, 15) is 13.6 Å². The summed E-state index contributed by atoms with van der Waals surface area (Å²) in [4.78, 5) is 17.8. The van der Waals surface area contributed by atoms with Gasteiger partial charge in [0.15, 0.2) is 17.5 Å². The Kier molecular flexibility index (Phi) is 4.92. The summed E-state index contributed by atoms with van der Waals surface area (Å²) in [5, 5.41) is 12.7. The molecule has 6 nitrogen and oxygen atoms in total. The van der Waals surface area contributed by atoms with Crippen LogP contribution in [0.4, 0.5) is 20.3 Å². The van der Waals surface area contributed by atoms with Crippen molar-refractivity contribution >= 4 is 17.5 Å². The molecule has 2 N–H and O–H groups in total. The van der Waals surface area contributed by atoms with E-state index in [0.29, 0.717) is 36.8 Å². The third kappa shape index (κ3) is 3.72. The van der Waals surface area contributed by atoms with Crippen LogP contribution in [-0.4, -0.2) is 29.2 Å². The first kappa shape index (κ1) is 20.2. The average molecular weight is 437 g/mol. The first-order valence-electron chi connectivity index (χ1n) is 10.4. The lowest BCUT2D eigenvalue weighted by atomic mass is 10.0. The maximum absolute atomic E-state index is 13.7. The summed E-state index contributed by atoms with van der Waals surface area (Å²) >= 11 is 0. The quantitative estimate of drug-likeness (QED) is 0.589. The second-order valence-corrected chi connectivity index (χ2v) is 8.11. The highest BCUT2D eigenvalue weighted by molar-refractivity contribution is 5.87. The molecule has 0 atom stereocenters. The summed E-state index contributed by atoms with van der Waals surface area (Å²) in [6, 6.07) is 12.6. The number of nitrogens with zero attached hydrogens (tertiary/aromatic N) is 2. The molecule has 164 valence electrons. The molecule has 0 saturated heterocycles. The van der Waals surface area contributed by atoms with E-state index in [0.717, 1.165) is 30.2 Å². The standard InChI is InChI=1S/C24H21F2N3O3/c25-18-6-1-15(13-19(18)26)14-29-11-12-32-20-7-10-27-22(21(20)29)28-24(8-9-24)17-4-2-16(3-5-17)23(30)31/h1-7,10,13H,8-9,11-12,14H2,(H,27,28)(H,30,31). The maximum Gasteiger partial charge on any atom is 0.335 e. The van der Waals surface area contributed by atoms with Crippen molar-refractivity contribution in [2.75, 3.05) is 23.4 Å². The molecule has 1 aliphatic heterocycles. The first-order valence-corrected chi connectivity index (χ1v) is 10.4. The van der Waals surface area contributed by atoms with Crippen LogP contribution in [0.15, 0.2) is 54.7 Å². The molecule has 1 fully saturated rings. The van der Waals surface area contributed by atoms with Crippen molar-refractivity contribution in [3.05, 3.63) is 83.1 Å². The fourth-order valence-corrected chi connectivity index (χ4v) is 4.11. The number of nitrogens with one attached hydrogen (secondary N) is 1. The third-order valence-corrected chi connectivity index (χ3v) is 5.97. The average Bonchev–Trinajstić information content (AvgIpc) is 3.57. The molecule has 1 aromatic heterocycles. The van der Waals surface area contributed by atoms with E-state index in [4.69, 9.17) is 9.84 Å². The molecule has 1 aliphatic carbocycles. The van der Waals surface area contributed by atoms with Gasteiger partial charge >= 0.3 is 5.97 Å². The number of halogens is 2. The Labute approximate surface area is 183 Å². The van der Waals surface area contributed by atoms with Gasteiger partial charge in [0.1, 0.15) is 18.0 Å². The van der Waals surface area contributed by atoms with Gasteiger partial charge in [-0.3, -0.25) is 0 Å². The van der Waals surface area contributed by atoms with E-state index in [1.165, 1.54) is 6.07 Å². The summed E-state index contributed by atoms with van der Waals surface area (Å²) in [6.07, 6.45) is 3.44. The van der Waals surface area contributed by atoms with E-state index >= 15 is 0 Å². The number of carboxylic acid groups (broad SMARTS) is 1. The van der Waals surface area contributed by atoms with Gasteiger partial charge in [-0.1, -0.05) is 18.2 Å². The SMILES string of the molecule is O=C(O)c1ccc(C2(Nc3nccc4c3N(Cc3ccc(F)c(F)c3)CCO4)CC2)cc1. The van der Waals surface area contributed by atoms with E-state index in [1.54, 1.807) is 30.5 Å². The van der Waals surface area contributed by atoms with Gasteiger partial charge in [-0.2, -0.15) is 0 Å². The molecule has 0 amide bonds. The molecule has 2 heterocycles. The van der Waals surface area contributed by atoms with Crippen LogP contribution in [0.1, 0.15) is 34.3 Å². The lowest BCUT2D eigenvalue weighted by Gasteiger charge is -2.33. The molecule has 3 aromatic rings. The van der Waals surface area contributed by atoms with Gasteiger partial charge in [-0.15, -0.1) is 0 Å². The normalized spacial score (nSPS) is 16.1. The highest BCUT2D eigenvalue weighted by Crippen LogP contribution is 2.50. The fraction of sp³-hybridized carbons (Fsp3) is 0.250. The molecule has 32 heavy (non-hydrogen) atoms. The number of ether oxygens (including phenoxy) is 1. The van der Waals surface area contributed by atoms with Gasteiger partial charge in [0.25, 0.3) is 0 Å². The zero-order valence-electron chi connectivity index (χ0n) is 17.1. The Balaban J connectivity index is 1.44. The van der Waals surface area contributed by atoms with Gasteiger partial charge in [-0.25, -0.2) is 18.6 Å². The number of anilines is 2. The molecule has 2 aromatic carbocycles. The predicted molar refractivity (Wildman–Crippen MR) is 115 cm³/mol. The van der Waals surface area contributed by atoms with Crippen molar-refractivity contribution in [2.24, 2.45) is 0 Å². The lowest BCUT2D eigenvalue weighted by molar-refractivity contribution is 0.0697. The summed E-state index contributed by atoms with van der Waals surface area (Å²) in [7, 11) is 0. The number of carbonyl (C=O) groups is 1. The van der Waals surface area contributed by atoms with Crippen molar-refractivity contribution in [1.82, 2.24) is 4.98 Å². The number of pyridine rings is 1. The minimum Gasteiger partial charge on any atom is -0.489 e. The number of hydrogen-bond donors (Lipinski definition) is 2. The topological polar surface area (TPSA) is 74.7 Å². The first-order chi connectivity index (χ1) is 15.4. The smallest absolute Gasteiger partial charge is 0.335 e. The predicted octanol–water partition coefficient (Wildman–Crippen LogP) is 4.56. The summed E-state index contributed by atoms with van der Waals surface area (Å²) < 4.78 is 32.9. The van der Waals surface area contributed by atoms with Crippen molar-refractivity contribution in [3.63, 3.8) is 0 Å². The van der Waals surface area contributed by atoms with E-state index in [2.05, 4.69) is 10.3 Å². The number of fused-ring (bicyclic) bond motifs is 1. The van der Waals surface area contributed by atoms with Crippen molar-refractivity contribution < 1.29 is 23.4 Å². The molecule has 0 unspecified atom stereocenters. The summed E-state index contributed by atoms with van der Waals surface area (Å²) in [6.45, 7) is 1.43. The molecular weight excluding hydrogens is 416 g/mol. The van der Waals surface area contributed by atoms with Crippen LogP contribution in [0.5, 0.6) is 5.75 Å². The third-order valence-electron chi connectivity index (χ3n) is 5.97. The monoisotopic (exact) mass is 437 g/mol. The number of aromatic nitrogens is 1. The van der Waals surface area contributed by atoms with Gasteiger partial charge in [-0.05, 0) is 48.2 Å². The van der Waals surface area contributed by atoms with Gasteiger partial charge in [0.05, 0.1) is 17.6 Å². The molecule has 5 rings (SSSR count). The van der Waals surface area contributed by atoms with Crippen molar-refractivity contribution in [1.29, 1.82) is 0 Å². The lowest BCUT2D eigenvalue weighted by Crippen LogP contribution is -2.34. The number of aromatic carboxylic acids is 1. The van der Waals surface area contributed by atoms with Crippen molar-refractivity contribution in [3.8, 4) is 5.75 Å². The molecule has 2 aliphatic rings. The highest BCUT2D eigenvalue weighted by Gasteiger charge is 2.45. The number of rotatable bonds is 6. The van der Waals surface area contributed by atoms with E-state index < -0.39 is 17.6 Å². The number of hydrogen-bond acceptors (Lipinski definition) is 5. The fourth-order valence-electron chi connectivity index (χ4n) is 4.11. The van der Waals surface area contributed by atoms with Crippen LogP contribution in [0.2, 0.25) is 0 Å². The Morgan fingerprint density at radius 2 is 1.91 bits per heavy atom. The van der Waals surface area contributed by atoms with Crippen LogP contribution in [0, 0.1) is 11.6 Å². The zero-order chi connectivity index (χ0) is 22.3. The highest BCUT2D eigenvalue weighted by atomic mass is 19.2. The maximum atomic E-state index is 13.7. The van der Waals surface area contributed by atoms with Crippen LogP contribution < -0.4 is 15.0 Å². The van der Waals surface area contributed by atoms with E-state index in [-0.39, 0.29) is 11.1 Å². The summed E-state index contributed by atoms with van der Waals surface area (Å²) in [5.41, 5.74) is 2.33. The second kappa shape index (κ2) is 7.78. The number of carboxylic acids is 1. The minimum absolute atomic E-state index is 0.242. The Morgan fingerprint density at radius 3 is 2.59 bits per heavy atom. The van der Waals surface area contributed by atoms with Crippen LogP contribution >= 0.6 is 0 Å². The molecule has 0 bridgehead atoms. The van der Waals surface area contributed by atoms with Crippen molar-refractivity contribution in [2.45, 2.75) is 24.9 Å². The van der Waals surface area contributed by atoms with Gasteiger partial charge in [0, 0.05) is 18.8 Å². The number of benzene rings is 2. The Morgan fingerprint density at radius 1 is 1.12 bits per heavy atom. The van der Waals surface area contributed by atoms with Crippen LogP contribution in [0.3, 0.4) is 0 Å². The van der Waals surface area contributed by atoms with Gasteiger partial charge in [0.2, 0.25) is 0 Å².